The van der Waals surface area contributed by atoms with Gasteiger partial charge in [0.05, 0.1) is 17.3 Å². The highest BCUT2D eigenvalue weighted by molar-refractivity contribution is 6.36. The van der Waals surface area contributed by atoms with Crippen molar-refractivity contribution >= 4 is 40.8 Å². The highest BCUT2D eigenvalue weighted by Gasteiger charge is 2.23. The van der Waals surface area contributed by atoms with E-state index in [0.717, 1.165) is 18.5 Å². The Labute approximate surface area is 195 Å². The van der Waals surface area contributed by atoms with Crippen molar-refractivity contribution in [1.82, 2.24) is 14.4 Å². The zero-order valence-corrected chi connectivity index (χ0v) is 20.2. The molecule has 0 aliphatic heterocycles. The van der Waals surface area contributed by atoms with Gasteiger partial charge in [0.15, 0.2) is 0 Å². The van der Waals surface area contributed by atoms with Gasteiger partial charge in [-0.25, -0.2) is 4.79 Å². The molecule has 3 amide bonds. The first-order valence-corrected chi connectivity index (χ1v) is 11.4. The number of urea groups is 1. The summed E-state index contributed by atoms with van der Waals surface area (Å²) >= 11 is 12.1. The minimum Gasteiger partial charge on any atom is -0.353 e. The van der Waals surface area contributed by atoms with Crippen molar-refractivity contribution in [3.05, 3.63) is 52.3 Å². The van der Waals surface area contributed by atoms with Crippen molar-refractivity contribution in [3.8, 4) is 0 Å². The van der Waals surface area contributed by atoms with Gasteiger partial charge in [-0.3, -0.25) is 4.79 Å². The molecule has 0 atom stereocenters. The molecule has 1 N–H and O–H groups in total. The Bertz CT molecular complexity index is 882. The molecule has 6 nitrogen and oxygen atoms in total. The Hall–Kier alpha value is -2.18. The first kappa shape index (κ1) is 25.1. The van der Waals surface area contributed by atoms with Gasteiger partial charge in [0.2, 0.25) is 5.91 Å². The third-order valence-electron chi connectivity index (χ3n) is 4.91. The number of carbonyl (C=O) groups is 2. The largest absolute Gasteiger partial charge is 0.353 e. The highest BCUT2D eigenvalue weighted by atomic mass is 35.5. The highest BCUT2D eigenvalue weighted by Crippen LogP contribution is 2.25. The summed E-state index contributed by atoms with van der Waals surface area (Å²) in [6.45, 7) is 7.75. The van der Waals surface area contributed by atoms with Gasteiger partial charge in [-0.05, 0) is 42.7 Å². The molecule has 0 bridgehead atoms. The zero-order chi connectivity index (χ0) is 23.0. The molecule has 0 saturated heterocycles. The number of aromatic nitrogens is 1. The zero-order valence-electron chi connectivity index (χ0n) is 18.7. The van der Waals surface area contributed by atoms with Crippen LogP contribution in [0.15, 0.2) is 36.5 Å². The van der Waals surface area contributed by atoms with Gasteiger partial charge in [0.25, 0.3) is 0 Å². The SMILES string of the molecule is CCCCN(Cc1cccn1C)C(=O)CN(CC(C)C)C(=O)Nc1ccc(Cl)cc1Cl. The molecule has 1 aromatic carbocycles. The van der Waals surface area contributed by atoms with Crippen LogP contribution < -0.4 is 5.32 Å². The molecule has 2 rings (SSSR count). The van der Waals surface area contributed by atoms with E-state index in [4.69, 9.17) is 23.2 Å². The van der Waals surface area contributed by atoms with Crippen molar-refractivity contribution in [2.45, 2.75) is 40.2 Å². The van der Waals surface area contributed by atoms with E-state index >= 15 is 0 Å². The molecule has 0 aliphatic rings. The molecular formula is C23H32Cl2N4O2. The number of hydrogen-bond donors (Lipinski definition) is 1. The Morgan fingerprint density at radius 1 is 1.16 bits per heavy atom. The molecular weight excluding hydrogens is 435 g/mol. The number of nitrogens with one attached hydrogen (secondary N) is 1. The predicted molar refractivity (Wildman–Crippen MR) is 128 cm³/mol. The fourth-order valence-electron chi connectivity index (χ4n) is 3.21. The molecule has 0 radical (unpaired) electrons. The van der Waals surface area contributed by atoms with Crippen molar-refractivity contribution in [2.24, 2.45) is 13.0 Å². The molecule has 0 fully saturated rings. The van der Waals surface area contributed by atoms with Gasteiger partial charge < -0.3 is 19.7 Å². The minimum absolute atomic E-state index is 0.00333. The average molecular weight is 467 g/mol. The number of amides is 3. The van der Waals surface area contributed by atoms with Gasteiger partial charge in [-0.15, -0.1) is 0 Å². The second-order valence-electron chi connectivity index (χ2n) is 8.11. The maximum Gasteiger partial charge on any atom is 0.322 e. The quantitative estimate of drug-likeness (QED) is 0.491. The van der Waals surface area contributed by atoms with Crippen LogP contribution in [0.25, 0.3) is 0 Å². The van der Waals surface area contributed by atoms with E-state index in [1.807, 2.05) is 48.7 Å². The van der Waals surface area contributed by atoms with Crippen LogP contribution in [0.2, 0.25) is 10.0 Å². The summed E-state index contributed by atoms with van der Waals surface area (Å²) < 4.78 is 2.01. The summed E-state index contributed by atoms with van der Waals surface area (Å²) in [6, 6.07) is 8.50. The second kappa shape index (κ2) is 12.0. The molecule has 0 aliphatic carbocycles. The van der Waals surface area contributed by atoms with Crippen molar-refractivity contribution in [2.75, 3.05) is 25.0 Å². The summed E-state index contributed by atoms with van der Waals surface area (Å²) in [5.41, 5.74) is 1.51. The maximum absolute atomic E-state index is 13.2. The van der Waals surface area contributed by atoms with Crippen LogP contribution in [0.1, 0.15) is 39.3 Å². The molecule has 0 saturated carbocycles. The molecule has 1 aromatic heterocycles. The van der Waals surface area contributed by atoms with Gasteiger partial charge in [0.1, 0.15) is 6.54 Å². The third kappa shape index (κ3) is 7.78. The van der Waals surface area contributed by atoms with Crippen LogP contribution in [0.4, 0.5) is 10.5 Å². The number of aryl methyl sites for hydroxylation is 1. The standard InChI is InChI=1S/C23H32Cl2N4O2/c1-5-6-12-28(15-19-8-7-11-27(19)4)22(30)16-29(14-17(2)3)23(31)26-21-10-9-18(24)13-20(21)25/h7-11,13,17H,5-6,12,14-16H2,1-4H3,(H,26,31). The van der Waals surface area contributed by atoms with E-state index in [0.29, 0.717) is 35.4 Å². The summed E-state index contributed by atoms with van der Waals surface area (Å²) in [4.78, 5) is 29.5. The predicted octanol–water partition coefficient (Wildman–Crippen LogP) is 5.65. The van der Waals surface area contributed by atoms with Crippen LogP contribution in [-0.2, 0) is 18.4 Å². The first-order valence-electron chi connectivity index (χ1n) is 10.6. The molecule has 0 unspecified atom stereocenters. The molecule has 0 spiro atoms. The number of rotatable bonds is 10. The van der Waals surface area contributed by atoms with Crippen LogP contribution in [-0.4, -0.2) is 45.9 Å². The van der Waals surface area contributed by atoms with Gasteiger partial charge in [0, 0.05) is 37.1 Å². The Kier molecular flexibility index (Phi) is 9.72. The van der Waals surface area contributed by atoms with Crippen LogP contribution in [0.5, 0.6) is 0 Å². The normalized spacial score (nSPS) is 10.9. The number of carbonyl (C=O) groups excluding carboxylic acids is 2. The first-order chi connectivity index (χ1) is 14.7. The fraction of sp³-hybridized carbons (Fsp3) is 0.478. The minimum atomic E-state index is -0.361. The molecule has 2 aromatic rings. The summed E-state index contributed by atoms with van der Waals surface area (Å²) in [7, 11) is 1.96. The summed E-state index contributed by atoms with van der Waals surface area (Å²) in [5.74, 6) is 0.129. The fourth-order valence-corrected chi connectivity index (χ4v) is 3.66. The van der Waals surface area contributed by atoms with Crippen LogP contribution in [0.3, 0.4) is 0 Å². The lowest BCUT2D eigenvalue weighted by Crippen LogP contribution is -2.46. The van der Waals surface area contributed by atoms with Gasteiger partial charge >= 0.3 is 6.03 Å². The average Bonchev–Trinajstić information content (AvgIpc) is 3.10. The topological polar surface area (TPSA) is 57.6 Å². The maximum atomic E-state index is 13.2. The monoisotopic (exact) mass is 466 g/mol. The molecule has 1 heterocycles. The number of hydrogen-bond acceptors (Lipinski definition) is 2. The second-order valence-corrected chi connectivity index (χ2v) is 8.95. The number of benzene rings is 1. The van der Waals surface area contributed by atoms with E-state index < -0.39 is 0 Å². The lowest BCUT2D eigenvalue weighted by atomic mass is 10.2. The number of unbranched alkanes of at least 4 members (excludes halogenated alkanes) is 1. The molecule has 170 valence electrons. The van der Waals surface area contributed by atoms with Crippen molar-refractivity contribution in [1.29, 1.82) is 0 Å². The Morgan fingerprint density at radius 2 is 1.90 bits per heavy atom. The molecule has 31 heavy (non-hydrogen) atoms. The Balaban J connectivity index is 2.14. The van der Waals surface area contributed by atoms with E-state index in [2.05, 4.69) is 12.2 Å². The number of anilines is 1. The number of halogens is 2. The van der Waals surface area contributed by atoms with Gasteiger partial charge in [-0.2, -0.15) is 0 Å². The van der Waals surface area contributed by atoms with E-state index in [1.54, 1.807) is 23.1 Å². The van der Waals surface area contributed by atoms with Crippen LogP contribution >= 0.6 is 23.2 Å². The number of nitrogens with zero attached hydrogens (tertiary/aromatic N) is 3. The third-order valence-corrected chi connectivity index (χ3v) is 5.46. The van der Waals surface area contributed by atoms with E-state index in [-0.39, 0.29) is 24.4 Å². The van der Waals surface area contributed by atoms with Crippen LogP contribution in [0, 0.1) is 5.92 Å². The van der Waals surface area contributed by atoms with E-state index in [1.165, 1.54) is 0 Å². The smallest absolute Gasteiger partial charge is 0.322 e. The lowest BCUT2D eigenvalue weighted by molar-refractivity contribution is -0.132. The lowest BCUT2D eigenvalue weighted by Gasteiger charge is -2.29. The Morgan fingerprint density at radius 3 is 2.48 bits per heavy atom. The van der Waals surface area contributed by atoms with Crippen molar-refractivity contribution < 1.29 is 9.59 Å². The molecule has 8 heteroatoms. The summed E-state index contributed by atoms with van der Waals surface area (Å²) in [5, 5.41) is 3.65. The van der Waals surface area contributed by atoms with Gasteiger partial charge in [-0.1, -0.05) is 50.4 Å². The summed E-state index contributed by atoms with van der Waals surface area (Å²) in [6.07, 6.45) is 3.86. The van der Waals surface area contributed by atoms with E-state index in [9.17, 15) is 9.59 Å². The van der Waals surface area contributed by atoms with Crippen molar-refractivity contribution in [3.63, 3.8) is 0 Å².